The van der Waals surface area contributed by atoms with E-state index in [1.54, 1.807) is 17.8 Å². The average Bonchev–Trinajstić information content (AvgIpc) is 2.88. The van der Waals surface area contributed by atoms with Crippen LogP contribution in [-0.2, 0) is 16.6 Å². The van der Waals surface area contributed by atoms with Crippen molar-refractivity contribution in [3.8, 4) is 0 Å². The molecule has 0 bridgehead atoms. The van der Waals surface area contributed by atoms with Crippen molar-refractivity contribution >= 4 is 15.7 Å². The van der Waals surface area contributed by atoms with Crippen molar-refractivity contribution in [2.45, 2.75) is 64.8 Å². The number of aryl methyl sites for hydroxylation is 2. The van der Waals surface area contributed by atoms with Crippen LogP contribution < -0.4 is 4.72 Å². The molecule has 0 aliphatic heterocycles. The molecule has 0 atom stereocenters. The van der Waals surface area contributed by atoms with E-state index in [2.05, 4.69) is 37.5 Å². The fraction of sp³-hybridized carbons (Fsp3) is 0.500. The monoisotopic (exact) mass is 349 g/mol. The van der Waals surface area contributed by atoms with Crippen LogP contribution in [0.1, 0.15) is 63.3 Å². The molecule has 0 fully saturated rings. The largest absolute Gasteiger partial charge is 0.279 e. The normalized spacial score (nSPS) is 12.2. The first-order valence-corrected chi connectivity index (χ1v) is 9.85. The summed E-state index contributed by atoms with van der Waals surface area (Å²) in [7, 11) is -3.68. The van der Waals surface area contributed by atoms with Crippen LogP contribution in [0.5, 0.6) is 0 Å². The number of nitrogens with one attached hydrogen (secondary N) is 1. The summed E-state index contributed by atoms with van der Waals surface area (Å²) in [6.07, 6.45) is 1.59. The Morgan fingerprint density at radius 2 is 1.67 bits per heavy atom. The first kappa shape index (κ1) is 18.5. The third-order valence-electron chi connectivity index (χ3n) is 4.12. The van der Waals surface area contributed by atoms with E-state index in [0.717, 1.165) is 11.1 Å². The van der Waals surface area contributed by atoms with Gasteiger partial charge in [0.1, 0.15) is 4.90 Å². The number of sulfonamides is 1. The summed E-state index contributed by atoms with van der Waals surface area (Å²) in [6.45, 7) is 12.6. The Hall–Kier alpha value is -1.82. The Labute approximate surface area is 145 Å². The van der Waals surface area contributed by atoms with Crippen molar-refractivity contribution < 1.29 is 8.42 Å². The molecule has 1 heterocycles. The highest BCUT2D eigenvalue weighted by Gasteiger charge is 2.24. The van der Waals surface area contributed by atoms with Crippen LogP contribution in [0.15, 0.2) is 29.3 Å². The average molecular weight is 350 g/mol. The predicted molar refractivity (Wildman–Crippen MR) is 98.1 cm³/mol. The highest BCUT2D eigenvalue weighted by atomic mass is 32.2. The molecule has 0 saturated heterocycles. The van der Waals surface area contributed by atoms with Gasteiger partial charge in [-0.3, -0.25) is 9.40 Å². The van der Waals surface area contributed by atoms with E-state index in [1.165, 1.54) is 0 Å². The van der Waals surface area contributed by atoms with E-state index < -0.39 is 10.0 Å². The number of aromatic nitrogens is 2. The highest BCUT2D eigenvalue weighted by molar-refractivity contribution is 7.92. The van der Waals surface area contributed by atoms with E-state index in [-0.39, 0.29) is 16.7 Å². The molecule has 24 heavy (non-hydrogen) atoms. The fourth-order valence-corrected chi connectivity index (χ4v) is 4.09. The number of benzene rings is 1. The van der Waals surface area contributed by atoms with E-state index in [9.17, 15) is 8.42 Å². The van der Waals surface area contributed by atoms with Crippen molar-refractivity contribution in [1.29, 1.82) is 0 Å². The topological polar surface area (TPSA) is 64.0 Å². The second-order valence-electron chi connectivity index (χ2n) is 6.66. The Bertz CT molecular complexity index is 795. The van der Waals surface area contributed by atoms with E-state index in [4.69, 9.17) is 0 Å². The molecule has 1 aromatic carbocycles. The maximum absolute atomic E-state index is 12.9. The summed E-state index contributed by atoms with van der Waals surface area (Å²) in [5, 5.41) is 4.25. The lowest BCUT2D eigenvalue weighted by molar-refractivity contribution is 0.600. The molecule has 0 aliphatic rings. The first-order valence-electron chi connectivity index (χ1n) is 8.37. The lowest BCUT2D eigenvalue weighted by Crippen LogP contribution is -2.17. The maximum Gasteiger partial charge on any atom is 0.265 e. The molecule has 1 aromatic heterocycles. The second kappa shape index (κ2) is 6.97. The van der Waals surface area contributed by atoms with Gasteiger partial charge in [-0.1, -0.05) is 45.9 Å². The molecule has 0 amide bonds. The van der Waals surface area contributed by atoms with Gasteiger partial charge in [-0.15, -0.1) is 0 Å². The van der Waals surface area contributed by atoms with Gasteiger partial charge in [0.15, 0.2) is 0 Å². The fourth-order valence-electron chi connectivity index (χ4n) is 2.78. The molecule has 6 heteroatoms. The van der Waals surface area contributed by atoms with Crippen molar-refractivity contribution in [3.05, 3.63) is 41.2 Å². The molecule has 0 radical (unpaired) electrons. The van der Waals surface area contributed by atoms with Crippen LogP contribution in [0, 0.1) is 6.92 Å². The van der Waals surface area contributed by atoms with Crippen LogP contribution in [0.4, 0.5) is 5.69 Å². The number of hydrogen-bond donors (Lipinski definition) is 1. The van der Waals surface area contributed by atoms with E-state index >= 15 is 0 Å². The summed E-state index contributed by atoms with van der Waals surface area (Å²) in [5.41, 5.74) is 3.22. The van der Waals surface area contributed by atoms with Gasteiger partial charge in [0.25, 0.3) is 10.0 Å². The molecule has 5 nitrogen and oxygen atoms in total. The smallest absolute Gasteiger partial charge is 0.265 e. The van der Waals surface area contributed by atoms with Gasteiger partial charge in [0, 0.05) is 12.7 Å². The third kappa shape index (κ3) is 3.64. The van der Waals surface area contributed by atoms with Crippen molar-refractivity contribution in [2.75, 3.05) is 4.72 Å². The molecule has 1 N–H and O–H groups in total. The third-order valence-corrected chi connectivity index (χ3v) is 5.58. The maximum atomic E-state index is 12.9. The quantitative estimate of drug-likeness (QED) is 0.847. The zero-order valence-electron chi connectivity index (χ0n) is 15.3. The Morgan fingerprint density at radius 3 is 2.08 bits per heavy atom. The summed E-state index contributed by atoms with van der Waals surface area (Å²) in [6, 6.07) is 5.95. The Balaban J connectivity index is 2.55. The molecular weight excluding hydrogens is 322 g/mol. The minimum absolute atomic E-state index is 0.223. The molecule has 2 rings (SSSR count). The molecule has 132 valence electrons. The zero-order valence-corrected chi connectivity index (χ0v) is 16.1. The van der Waals surface area contributed by atoms with Crippen molar-refractivity contribution in [2.24, 2.45) is 0 Å². The van der Waals surface area contributed by atoms with Gasteiger partial charge >= 0.3 is 0 Å². The second-order valence-corrected chi connectivity index (χ2v) is 8.31. The first-order chi connectivity index (χ1) is 11.2. The summed E-state index contributed by atoms with van der Waals surface area (Å²) < 4.78 is 30.3. The molecule has 0 unspecified atom stereocenters. The van der Waals surface area contributed by atoms with Gasteiger partial charge in [0.05, 0.1) is 11.4 Å². The standard InChI is InChI=1S/C18H27N3O2S/c1-7-21-11-17(14(6)19-21)24(22,23)20-18-15(12(2)3)9-8-10-16(18)13(4)5/h8-13,20H,7H2,1-6H3. The SMILES string of the molecule is CCn1cc(S(=O)(=O)Nc2c(C(C)C)cccc2C(C)C)c(C)n1. The number of rotatable bonds is 6. The lowest BCUT2D eigenvalue weighted by Gasteiger charge is -2.20. The summed E-state index contributed by atoms with van der Waals surface area (Å²) >= 11 is 0. The molecule has 0 aliphatic carbocycles. The Kier molecular flexibility index (Phi) is 5.38. The Morgan fingerprint density at radius 1 is 1.12 bits per heavy atom. The number of nitrogens with zero attached hydrogens (tertiary/aromatic N) is 2. The summed E-state index contributed by atoms with van der Waals surface area (Å²) in [5.74, 6) is 0.446. The van der Waals surface area contributed by atoms with Gasteiger partial charge in [0.2, 0.25) is 0 Å². The van der Waals surface area contributed by atoms with Crippen LogP contribution in [0.2, 0.25) is 0 Å². The number of anilines is 1. The number of hydrogen-bond acceptors (Lipinski definition) is 3. The van der Waals surface area contributed by atoms with E-state index in [1.807, 2.05) is 25.1 Å². The van der Waals surface area contributed by atoms with Crippen molar-refractivity contribution in [3.63, 3.8) is 0 Å². The van der Waals surface area contributed by atoms with Crippen LogP contribution in [0.3, 0.4) is 0 Å². The minimum atomic E-state index is -3.68. The molecule has 0 saturated carbocycles. The van der Waals surface area contributed by atoms with E-state index in [0.29, 0.717) is 17.9 Å². The predicted octanol–water partition coefficient (Wildman–Crippen LogP) is 4.26. The van der Waals surface area contributed by atoms with Crippen molar-refractivity contribution in [1.82, 2.24) is 9.78 Å². The minimum Gasteiger partial charge on any atom is -0.279 e. The molecule has 2 aromatic rings. The zero-order chi connectivity index (χ0) is 18.1. The lowest BCUT2D eigenvalue weighted by atomic mass is 9.93. The van der Waals surface area contributed by atoms with Gasteiger partial charge in [-0.2, -0.15) is 5.10 Å². The van der Waals surface area contributed by atoms with Gasteiger partial charge in [-0.25, -0.2) is 8.42 Å². The molecular formula is C18H27N3O2S. The highest BCUT2D eigenvalue weighted by Crippen LogP contribution is 2.34. The number of para-hydroxylation sites is 1. The van der Waals surface area contributed by atoms with Crippen LogP contribution in [0.25, 0.3) is 0 Å². The van der Waals surface area contributed by atoms with Gasteiger partial charge < -0.3 is 0 Å². The van der Waals surface area contributed by atoms with Gasteiger partial charge in [-0.05, 0) is 36.8 Å². The summed E-state index contributed by atoms with van der Waals surface area (Å²) in [4.78, 5) is 0.234. The van der Waals surface area contributed by atoms with Crippen LogP contribution >= 0.6 is 0 Å². The molecule has 0 spiro atoms. The van der Waals surface area contributed by atoms with Crippen LogP contribution in [-0.4, -0.2) is 18.2 Å².